The number of aromatic nitrogens is 2. The molecule has 1 amide bonds. The number of nitrogens with one attached hydrogen (secondary N) is 2. The molecule has 5 heteroatoms. The molecule has 0 radical (unpaired) electrons. The molecule has 2 N–H and O–H groups in total. The van der Waals surface area contributed by atoms with E-state index in [1.54, 1.807) is 11.3 Å². The molecule has 2 aromatic heterocycles. The number of hydrogen-bond acceptors (Lipinski definition) is 3. The first-order chi connectivity index (χ1) is 15.3. The largest absolute Gasteiger partial charge is 0.361 e. The molecule has 31 heavy (non-hydrogen) atoms. The van der Waals surface area contributed by atoms with Crippen LogP contribution in [0.2, 0.25) is 0 Å². The second kappa shape index (κ2) is 8.58. The summed E-state index contributed by atoms with van der Waals surface area (Å²) in [6.07, 6.45) is 2.68. The highest BCUT2D eigenvalue weighted by molar-refractivity contribution is 7.10. The lowest BCUT2D eigenvalue weighted by atomic mass is 10.0. The molecule has 0 bridgehead atoms. The van der Waals surface area contributed by atoms with Gasteiger partial charge in [0.2, 0.25) is 0 Å². The molecule has 1 atom stereocenters. The third-order valence-corrected chi connectivity index (χ3v) is 6.29. The molecule has 0 saturated carbocycles. The zero-order valence-electron chi connectivity index (χ0n) is 16.8. The highest BCUT2D eigenvalue weighted by atomic mass is 32.1. The summed E-state index contributed by atoms with van der Waals surface area (Å²) >= 11 is 1.58. The quantitative estimate of drug-likeness (QED) is 0.352. The summed E-state index contributed by atoms with van der Waals surface area (Å²) in [5.41, 5.74) is 4.90. The van der Waals surface area contributed by atoms with Gasteiger partial charge in [-0.15, -0.1) is 11.3 Å². The summed E-state index contributed by atoms with van der Waals surface area (Å²) in [4.78, 5) is 21.2. The lowest BCUT2D eigenvalue weighted by Gasteiger charge is -2.16. The fraction of sp³-hybridized carbons (Fsp3) is 0.0769. The number of rotatable bonds is 6. The molecule has 0 aliphatic heterocycles. The summed E-state index contributed by atoms with van der Waals surface area (Å²) in [7, 11) is 0. The van der Waals surface area contributed by atoms with E-state index >= 15 is 0 Å². The standard InChI is InChI=1S/C26H21N3OS/c30-25(19-11-5-2-6-12-19)28-23(15-20-16-27-22-14-8-7-13-21(20)22)26-29-24(17-31-26)18-9-3-1-4-10-18/h1-14,16-17,23,27H,15H2,(H,28,30)/t23-/m1/s1. The van der Waals surface area contributed by atoms with E-state index in [2.05, 4.69) is 39.9 Å². The van der Waals surface area contributed by atoms with Crippen molar-refractivity contribution < 1.29 is 4.79 Å². The van der Waals surface area contributed by atoms with Gasteiger partial charge < -0.3 is 10.3 Å². The number of para-hydroxylation sites is 1. The van der Waals surface area contributed by atoms with Gasteiger partial charge in [0.1, 0.15) is 5.01 Å². The normalized spacial score (nSPS) is 12.0. The van der Waals surface area contributed by atoms with Gasteiger partial charge in [0.15, 0.2) is 0 Å². The molecule has 0 unspecified atom stereocenters. The molecule has 152 valence electrons. The van der Waals surface area contributed by atoms with Crippen molar-refractivity contribution in [3.05, 3.63) is 113 Å². The maximum absolute atomic E-state index is 13.0. The number of thiazole rings is 1. The zero-order chi connectivity index (χ0) is 21.0. The van der Waals surface area contributed by atoms with Gasteiger partial charge in [0, 0.05) is 40.0 Å². The second-order valence-corrected chi connectivity index (χ2v) is 8.28. The number of benzene rings is 3. The van der Waals surface area contributed by atoms with Crippen molar-refractivity contribution in [3.63, 3.8) is 0 Å². The Morgan fingerprint density at radius 2 is 1.65 bits per heavy atom. The SMILES string of the molecule is O=C(N[C@H](Cc1c[nH]c2ccccc12)c1nc(-c2ccccc2)cs1)c1ccccc1. The summed E-state index contributed by atoms with van der Waals surface area (Å²) in [6, 6.07) is 27.4. The number of aromatic amines is 1. The van der Waals surface area contributed by atoms with E-state index in [1.807, 2.05) is 66.9 Å². The van der Waals surface area contributed by atoms with Gasteiger partial charge in [0.05, 0.1) is 11.7 Å². The van der Waals surface area contributed by atoms with Crippen molar-refractivity contribution in [2.45, 2.75) is 12.5 Å². The van der Waals surface area contributed by atoms with Crippen LogP contribution in [-0.4, -0.2) is 15.9 Å². The van der Waals surface area contributed by atoms with Gasteiger partial charge >= 0.3 is 0 Å². The predicted molar refractivity (Wildman–Crippen MR) is 126 cm³/mol. The third kappa shape index (κ3) is 4.13. The second-order valence-electron chi connectivity index (χ2n) is 7.39. The van der Waals surface area contributed by atoms with Crippen molar-refractivity contribution in [1.29, 1.82) is 0 Å². The number of nitrogens with zero attached hydrogens (tertiary/aromatic N) is 1. The van der Waals surface area contributed by atoms with Gasteiger partial charge in [-0.25, -0.2) is 4.98 Å². The maximum atomic E-state index is 13.0. The number of carbonyl (C=O) groups is 1. The lowest BCUT2D eigenvalue weighted by molar-refractivity contribution is 0.0936. The monoisotopic (exact) mass is 423 g/mol. The topological polar surface area (TPSA) is 57.8 Å². The molecule has 0 spiro atoms. The molecule has 5 aromatic rings. The van der Waals surface area contributed by atoms with Crippen LogP contribution in [0.3, 0.4) is 0 Å². The molecule has 3 aromatic carbocycles. The van der Waals surface area contributed by atoms with E-state index in [1.165, 1.54) is 5.39 Å². The van der Waals surface area contributed by atoms with Crippen LogP contribution in [0.5, 0.6) is 0 Å². The van der Waals surface area contributed by atoms with Gasteiger partial charge in [-0.1, -0.05) is 66.7 Å². The highest BCUT2D eigenvalue weighted by Gasteiger charge is 2.21. The number of hydrogen-bond donors (Lipinski definition) is 2. The van der Waals surface area contributed by atoms with Crippen molar-refractivity contribution >= 4 is 28.1 Å². The Kier molecular flexibility index (Phi) is 5.33. The number of H-pyrrole nitrogens is 1. The summed E-state index contributed by atoms with van der Waals surface area (Å²) < 4.78 is 0. The predicted octanol–water partition coefficient (Wildman–Crippen LogP) is 6.01. The van der Waals surface area contributed by atoms with E-state index in [4.69, 9.17) is 4.98 Å². The number of fused-ring (bicyclic) bond motifs is 1. The van der Waals surface area contributed by atoms with Gasteiger partial charge in [-0.05, 0) is 23.8 Å². The van der Waals surface area contributed by atoms with Crippen LogP contribution in [0.25, 0.3) is 22.2 Å². The van der Waals surface area contributed by atoms with Gasteiger partial charge in [0.25, 0.3) is 5.91 Å². The minimum atomic E-state index is -0.227. The Bertz CT molecular complexity index is 1310. The van der Waals surface area contributed by atoms with Gasteiger partial charge in [-0.2, -0.15) is 0 Å². The molecule has 0 fully saturated rings. The Labute approximate surface area is 184 Å². The fourth-order valence-corrected chi connectivity index (χ4v) is 4.62. The van der Waals surface area contributed by atoms with Crippen LogP contribution < -0.4 is 5.32 Å². The van der Waals surface area contributed by atoms with Crippen LogP contribution in [0.4, 0.5) is 0 Å². The van der Waals surface area contributed by atoms with Crippen LogP contribution in [0.1, 0.15) is 27.0 Å². The first-order valence-electron chi connectivity index (χ1n) is 10.2. The Hall–Kier alpha value is -3.70. The smallest absolute Gasteiger partial charge is 0.251 e. The van der Waals surface area contributed by atoms with Crippen molar-refractivity contribution in [2.24, 2.45) is 0 Å². The Morgan fingerprint density at radius 1 is 0.935 bits per heavy atom. The summed E-state index contributed by atoms with van der Waals surface area (Å²) in [6.45, 7) is 0. The number of amides is 1. The van der Waals surface area contributed by atoms with Crippen LogP contribution in [0, 0.1) is 0 Å². The molecule has 0 aliphatic rings. The van der Waals surface area contributed by atoms with Gasteiger partial charge in [-0.3, -0.25) is 4.79 Å². The van der Waals surface area contributed by atoms with E-state index < -0.39 is 0 Å². The minimum absolute atomic E-state index is 0.0955. The molecule has 2 heterocycles. The zero-order valence-corrected chi connectivity index (χ0v) is 17.6. The van der Waals surface area contributed by atoms with Crippen LogP contribution in [-0.2, 0) is 6.42 Å². The van der Waals surface area contributed by atoms with E-state index in [-0.39, 0.29) is 11.9 Å². The van der Waals surface area contributed by atoms with Crippen LogP contribution in [0.15, 0.2) is 96.5 Å². The minimum Gasteiger partial charge on any atom is -0.361 e. The maximum Gasteiger partial charge on any atom is 0.251 e. The van der Waals surface area contributed by atoms with Crippen molar-refractivity contribution in [1.82, 2.24) is 15.3 Å². The molecule has 0 saturated heterocycles. The Balaban J connectivity index is 1.48. The average Bonchev–Trinajstić information content (AvgIpc) is 3.48. The fourth-order valence-electron chi connectivity index (χ4n) is 3.74. The third-order valence-electron chi connectivity index (χ3n) is 5.33. The van der Waals surface area contributed by atoms with E-state index in [0.29, 0.717) is 12.0 Å². The molecular formula is C26H21N3OS. The number of carbonyl (C=O) groups excluding carboxylic acids is 1. The van der Waals surface area contributed by atoms with E-state index in [9.17, 15) is 4.79 Å². The highest BCUT2D eigenvalue weighted by Crippen LogP contribution is 2.29. The summed E-state index contributed by atoms with van der Waals surface area (Å²) in [5, 5.41) is 7.33. The molecule has 4 nitrogen and oxygen atoms in total. The first kappa shape index (κ1) is 19.3. The van der Waals surface area contributed by atoms with Crippen molar-refractivity contribution in [2.75, 3.05) is 0 Å². The lowest BCUT2D eigenvalue weighted by Crippen LogP contribution is -2.29. The molecule has 0 aliphatic carbocycles. The van der Waals surface area contributed by atoms with E-state index in [0.717, 1.165) is 27.3 Å². The van der Waals surface area contributed by atoms with Crippen molar-refractivity contribution in [3.8, 4) is 11.3 Å². The average molecular weight is 424 g/mol. The summed E-state index contributed by atoms with van der Waals surface area (Å²) in [5.74, 6) is -0.0955. The Morgan fingerprint density at radius 3 is 2.45 bits per heavy atom. The first-order valence-corrected chi connectivity index (χ1v) is 11.1. The molecule has 5 rings (SSSR count). The molecular weight excluding hydrogens is 402 g/mol. The van der Waals surface area contributed by atoms with Crippen LogP contribution >= 0.6 is 11.3 Å².